The molecule has 0 aliphatic carbocycles. The van der Waals surface area contributed by atoms with E-state index in [1.807, 2.05) is 6.92 Å². The van der Waals surface area contributed by atoms with Gasteiger partial charge in [-0.3, -0.25) is 4.79 Å². The van der Waals surface area contributed by atoms with E-state index in [0.717, 1.165) is 19.4 Å². The van der Waals surface area contributed by atoms with E-state index in [2.05, 4.69) is 18.7 Å². The highest BCUT2D eigenvalue weighted by atomic mass is 35.5. The Labute approximate surface area is 118 Å². The summed E-state index contributed by atoms with van der Waals surface area (Å²) in [5.74, 6) is 0.893. The summed E-state index contributed by atoms with van der Waals surface area (Å²) in [5, 5.41) is 0. The van der Waals surface area contributed by atoms with E-state index in [1.165, 1.54) is 19.3 Å². The molecule has 1 heterocycles. The quantitative estimate of drug-likeness (QED) is 0.858. The lowest BCUT2D eigenvalue weighted by Crippen LogP contribution is -2.44. The van der Waals surface area contributed by atoms with Crippen LogP contribution in [0.5, 0.6) is 0 Å². The summed E-state index contributed by atoms with van der Waals surface area (Å²) in [4.78, 5) is 14.4. The molecule has 1 amide bonds. The SMILES string of the molecule is CC(C)CC1CCCCCN1C(=O)C(C)CN.Cl. The molecule has 18 heavy (non-hydrogen) atoms. The van der Waals surface area contributed by atoms with Gasteiger partial charge in [-0.2, -0.15) is 0 Å². The first kappa shape index (κ1) is 17.7. The van der Waals surface area contributed by atoms with Gasteiger partial charge in [0, 0.05) is 25.0 Å². The fourth-order valence-corrected chi connectivity index (χ4v) is 2.64. The van der Waals surface area contributed by atoms with Crippen molar-refractivity contribution in [2.45, 2.75) is 58.9 Å². The molecule has 0 aromatic heterocycles. The van der Waals surface area contributed by atoms with Crippen LogP contribution in [-0.4, -0.2) is 29.9 Å². The van der Waals surface area contributed by atoms with E-state index in [4.69, 9.17) is 5.73 Å². The smallest absolute Gasteiger partial charge is 0.226 e. The summed E-state index contributed by atoms with van der Waals surface area (Å²) in [7, 11) is 0. The average Bonchev–Trinajstić information content (AvgIpc) is 2.51. The summed E-state index contributed by atoms with van der Waals surface area (Å²) in [6, 6.07) is 0.444. The first-order valence-electron chi connectivity index (χ1n) is 7.06. The van der Waals surface area contributed by atoms with Gasteiger partial charge >= 0.3 is 0 Å². The van der Waals surface area contributed by atoms with Gasteiger partial charge in [0.1, 0.15) is 0 Å². The summed E-state index contributed by atoms with van der Waals surface area (Å²) < 4.78 is 0. The molecule has 0 saturated carbocycles. The standard InChI is InChI=1S/C14H28N2O.ClH/c1-11(2)9-13-7-5-4-6-8-16(13)14(17)12(3)10-15;/h11-13H,4-10,15H2,1-3H3;1H. The monoisotopic (exact) mass is 276 g/mol. The minimum atomic E-state index is -0.0252. The van der Waals surface area contributed by atoms with Gasteiger partial charge in [-0.15, -0.1) is 12.4 Å². The van der Waals surface area contributed by atoms with Crippen molar-refractivity contribution in [3.63, 3.8) is 0 Å². The van der Waals surface area contributed by atoms with E-state index in [-0.39, 0.29) is 24.2 Å². The number of likely N-dealkylation sites (tertiary alicyclic amines) is 1. The van der Waals surface area contributed by atoms with Crippen LogP contribution in [0.3, 0.4) is 0 Å². The first-order chi connectivity index (χ1) is 8.06. The van der Waals surface area contributed by atoms with Crippen molar-refractivity contribution in [1.29, 1.82) is 0 Å². The van der Waals surface area contributed by atoms with Crippen LogP contribution in [0.25, 0.3) is 0 Å². The van der Waals surface area contributed by atoms with E-state index in [0.29, 0.717) is 18.5 Å². The number of rotatable bonds is 4. The summed E-state index contributed by atoms with van der Waals surface area (Å²) in [5.41, 5.74) is 5.62. The number of amides is 1. The molecule has 1 fully saturated rings. The zero-order valence-electron chi connectivity index (χ0n) is 12.0. The van der Waals surface area contributed by atoms with E-state index in [1.54, 1.807) is 0 Å². The average molecular weight is 277 g/mol. The predicted octanol–water partition coefficient (Wildman–Crippen LogP) is 2.82. The third-order valence-electron chi connectivity index (χ3n) is 3.68. The first-order valence-corrected chi connectivity index (χ1v) is 7.06. The fourth-order valence-electron chi connectivity index (χ4n) is 2.64. The topological polar surface area (TPSA) is 46.3 Å². The minimum Gasteiger partial charge on any atom is -0.339 e. The molecule has 4 heteroatoms. The predicted molar refractivity (Wildman–Crippen MR) is 78.9 cm³/mol. The fraction of sp³-hybridized carbons (Fsp3) is 0.929. The van der Waals surface area contributed by atoms with Crippen molar-refractivity contribution in [3.8, 4) is 0 Å². The Morgan fingerprint density at radius 2 is 1.94 bits per heavy atom. The largest absolute Gasteiger partial charge is 0.339 e. The van der Waals surface area contributed by atoms with Crippen LogP contribution in [0.15, 0.2) is 0 Å². The molecule has 1 aliphatic rings. The van der Waals surface area contributed by atoms with Crippen LogP contribution in [-0.2, 0) is 4.79 Å². The Kier molecular flexibility index (Phi) is 8.62. The Hall–Kier alpha value is -0.280. The molecule has 1 rings (SSSR count). The molecule has 0 radical (unpaired) electrons. The van der Waals surface area contributed by atoms with Gasteiger partial charge in [-0.05, 0) is 25.2 Å². The third-order valence-corrected chi connectivity index (χ3v) is 3.68. The Bertz CT molecular complexity index is 246. The Balaban J connectivity index is 0.00000289. The van der Waals surface area contributed by atoms with E-state index < -0.39 is 0 Å². The number of carbonyl (C=O) groups is 1. The number of nitrogens with two attached hydrogens (primary N) is 1. The molecule has 1 saturated heterocycles. The molecule has 0 aromatic carbocycles. The molecule has 0 aromatic rings. The van der Waals surface area contributed by atoms with Crippen molar-refractivity contribution >= 4 is 18.3 Å². The molecular weight excluding hydrogens is 248 g/mol. The highest BCUT2D eigenvalue weighted by Crippen LogP contribution is 2.23. The Morgan fingerprint density at radius 1 is 1.28 bits per heavy atom. The van der Waals surface area contributed by atoms with Gasteiger partial charge in [0.2, 0.25) is 5.91 Å². The van der Waals surface area contributed by atoms with Gasteiger partial charge < -0.3 is 10.6 Å². The van der Waals surface area contributed by atoms with E-state index in [9.17, 15) is 4.79 Å². The zero-order chi connectivity index (χ0) is 12.8. The van der Waals surface area contributed by atoms with Gasteiger partial charge in [0.15, 0.2) is 0 Å². The third kappa shape index (κ3) is 5.15. The maximum atomic E-state index is 12.3. The van der Waals surface area contributed by atoms with Crippen molar-refractivity contribution in [2.75, 3.05) is 13.1 Å². The van der Waals surface area contributed by atoms with Crippen molar-refractivity contribution in [2.24, 2.45) is 17.6 Å². The molecule has 1 aliphatic heterocycles. The van der Waals surface area contributed by atoms with Crippen LogP contribution < -0.4 is 5.73 Å². The molecule has 0 bridgehead atoms. The lowest BCUT2D eigenvalue weighted by Gasteiger charge is -2.33. The minimum absolute atomic E-state index is 0. The number of hydrogen-bond acceptors (Lipinski definition) is 2. The van der Waals surface area contributed by atoms with Gasteiger partial charge in [0.05, 0.1) is 0 Å². The number of nitrogens with zero attached hydrogens (tertiary/aromatic N) is 1. The normalized spacial score (nSPS) is 22.3. The molecule has 108 valence electrons. The molecular formula is C14H29ClN2O. The number of hydrogen-bond donors (Lipinski definition) is 1. The lowest BCUT2D eigenvalue weighted by molar-refractivity contribution is -0.137. The van der Waals surface area contributed by atoms with Crippen LogP contribution in [0.2, 0.25) is 0 Å². The maximum Gasteiger partial charge on any atom is 0.226 e. The molecule has 2 unspecified atom stereocenters. The van der Waals surface area contributed by atoms with Crippen LogP contribution in [0, 0.1) is 11.8 Å². The number of carbonyl (C=O) groups excluding carboxylic acids is 1. The lowest BCUT2D eigenvalue weighted by atomic mass is 9.97. The second kappa shape index (κ2) is 8.76. The molecule has 0 spiro atoms. The second-order valence-electron chi connectivity index (χ2n) is 5.80. The highest BCUT2D eigenvalue weighted by Gasteiger charge is 2.28. The maximum absolute atomic E-state index is 12.3. The van der Waals surface area contributed by atoms with Crippen molar-refractivity contribution in [1.82, 2.24) is 4.90 Å². The van der Waals surface area contributed by atoms with E-state index >= 15 is 0 Å². The molecule has 2 N–H and O–H groups in total. The summed E-state index contributed by atoms with van der Waals surface area (Å²) in [6.07, 6.45) is 5.97. The van der Waals surface area contributed by atoms with Crippen molar-refractivity contribution < 1.29 is 4.79 Å². The number of halogens is 1. The van der Waals surface area contributed by atoms with Gasteiger partial charge in [-0.25, -0.2) is 0 Å². The van der Waals surface area contributed by atoms with Gasteiger partial charge in [-0.1, -0.05) is 33.6 Å². The highest BCUT2D eigenvalue weighted by molar-refractivity contribution is 5.85. The van der Waals surface area contributed by atoms with Crippen LogP contribution >= 0.6 is 12.4 Å². The summed E-state index contributed by atoms with van der Waals surface area (Å²) in [6.45, 7) is 7.81. The zero-order valence-corrected chi connectivity index (χ0v) is 12.8. The van der Waals surface area contributed by atoms with Crippen LogP contribution in [0.1, 0.15) is 52.9 Å². The molecule has 2 atom stereocenters. The van der Waals surface area contributed by atoms with Gasteiger partial charge in [0.25, 0.3) is 0 Å². The second-order valence-corrected chi connectivity index (χ2v) is 5.80. The molecule has 3 nitrogen and oxygen atoms in total. The van der Waals surface area contributed by atoms with Crippen molar-refractivity contribution in [3.05, 3.63) is 0 Å². The van der Waals surface area contributed by atoms with Crippen LogP contribution in [0.4, 0.5) is 0 Å². The Morgan fingerprint density at radius 3 is 2.50 bits per heavy atom. The summed E-state index contributed by atoms with van der Waals surface area (Å²) >= 11 is 0.